The van der Waals surface area contributed by atoms with Gasteiger partial charge in [-0.3, -0.25) is 0 Å². The van der Waals surface area contributed by atoms with Crippen molar-refractivity contribution in [2.45, 2.75) is 174 Å². The van der Waals surface area contributed by atoms with Crippen LogP contribution in [0.2, 0.25) is 0 Å². The van der Waals surface area contributed by atoms with E-state index in [4.69, 9.17) is 5.21 Å². The molecule has 0 bridgehead atoms. The van der Waals surface area contributed by atoms with Crippen LogP contribution in [0.25, 0.3) is 0 Å². The van der Waals surface area contributed by atoms with E-state index in [0.29, 0.717) is 0 Å². The van der Waals surface area contributed by atoms with Crippen LogP contribution < -0.4 is 5.48 Å². The summed E-state index contributed by atoms with van der Waals surface area (Å²) < 4.78 is 0. The highest BCUT2D eigenvalue weighted by Crippen LogP contribution is 2.15. The van der Waals surface area contributed by atoms with Crippen molar-refractivity contribution < 1.29 is 5.21 Å². The molecule has 0 atom stereocenters. The second-order valence-corrected chi connectivity index (χ2v) is 9.75. The zero-order valence-electron chi connectivity index (χ0n) is 21.0. The van der Waals surface area contributed by atoms with Crippen LogP contribution in [0, 0.1) is 0 Å². The van der Waals surface area contributed by atoms with Gasteiger partial charge >= 0.3 is 0 Å². The Hall–Kier alpha value is -0.0800. The van der Waals surface area contributed by atoms with Gasteiger partial charge in [-0.2, -0.15) is 0 Å². The van der Waals surface area contributed by atoms with Crippen molar-refractivity contribution in [2.75, 3.05) is 6.54 Å². The van der Waals surface area contributed by atoms with Gasteiger partial charge < -0.3 is 5.21 Å². The average molecular weight is 426 g/mol. The summed E-state index contributed by atoms with van der Waals surface area (Å²) in [4.78, 5) is 0. The molecule has 0 aromatic heterocycles. The summed E-state index contributed by atoms with van der Waals surface area (Å²) in [6.45, 7) is 3.05. The first-order valence-electron chi connectivity index (χ1n) is 14.3. The maximum Gasteiger partial charge on any atom is 0.0207 e. The molecule has 0 aromatic rings. The van der Waals surface area contributed by atoms with E-state index in [1.807, 2.05) is 0 Å². The van der Waals surface area contributed by atoms with Crippen molar-refractivity contribution in [1.82, 2.24) is 5.48 Å². The van der Waals surface area contributed by atoms with E-state index in [2.05, 4.69) is 12.4 Å². The molecule has 0 saturated carbocycles. The molecule has 182 valence electrons. The predicted molar refractivity (Wildman–Crippen MR) is 136 cm³/mol. The van der Waals surface area contributed by atoms with Gasteiger partial charge in [0.15, 0.2) is 0 Å². The molecule has 0 amide bonds. The molecule has 2 heteroatoms. The van der Waals surface area contributed by atoms with Gasteiger partial charge in [0.1, 0.15) is 0 Å². The van der Waals surface area contributed by atoms with Gasteiger partial charge in [0.05, 0.1) is 0 Å². The Balaban J connectivity index is 2.97. The van der Waals surface area contributed by atoms with Crippen LogP contribution in [0.3, 0.4) is 0 Å². The maximum atomic E-state index is 8.50. The molecule has 0 saturated heterocycles. The van der Waals surface area contributed by atoms with E-state index in [9.17, 15) is 0 Å². The first kappa shape index (κ1) is 29.9. The normalized spacial score (nSPS) is 11.4. The Labute approximate surface area is 191 Å². The van der Waals surface area contributed by atoms with Gasteiger partial charge in [-0.25, -0.2) is 5.48 Å². The van der Waals surface area contributed by atoms with Gasteiger partial charge in [-0.1, -0.05) is 167 Å². The summed E-state index contributed by atoms with van der Waals surface area (Å²) in [6, 6.07) is 0. The Morgan fingerprint density at radius 1 is 0.333 bits per heavy atom. The van der Waals surface area contributed by atoms with Crippen molar-refractivity contribution in [3.63, 3.8) is 0 Å². The number of nitrogens with one attached hydrogen (secondary N) is 1. The average Bonchev–Trinajstić information content (AvgIpc) is 2.76. The summed E-state index contributed by atoms with van der Waals surface area (Å²) in [5.74, 6) is 0. The molecule has 0 aliphatic rings. The van der Waals surface area contributed by atoms with Crippen molar-refractivity contribution in [3.8, 4) is 0 Å². The Bertz CT molecular complexity index is 254. The van der Waals surface area contributed by atoms with Gasteiger partial charge in [0.2, 0.25) is 0 Å². The lowest BCUT2D eigenvalue weighted by Crippen LogP contribution is -2.07. The third kappa shape index (κ3) is 27.9. The minimum Gasteiger partial charge on any atom is -0.317 e. The second kappa shape index (κ2) is 28.9. The number of rotatable bonds is 27. The van der Waals surface area contributed by atoms with Crippen LogP contribution >= 0.6 is 0 Å². The Morgan fingerprint density at radius 2 is 0.533 bits per heavy atom. The lowest BCUT2D eigenvalue weighted by atomic mass is 10.0. The third-order valence-corrected chi connectivity index (χ3v) is 6.64. The lowest BCUT2D eigenvalue weighted by molar-refractivity contribution is 0.164. The summed E-state index contributed by atoms with van der Waals surface area (Å²) in [7, 11) is 0. The number of hydroxylamine groups is 1. The fraction of sp³-hybridized carbons (Fsp3) is 1.00. The van der Waals surface area contributed by atoms with Crippen LogP contribution in [-0.4, -0.2) is 11.8 Å². The predicted octanol–water partition coefficient (Wildman–Crippen LogP) is 10.1. The van der Waals surface area contributed by atoms with E-state index >= 15 is 0 Å². The molecule has 0 rings (SSSR count). The van der Waals surface area contributed by atoms with E-state index in [1.54, 1.807) is 0 Å². The lowest BCUT2D eigenvalue weighted by Gasteiger charge is -2.04. The van der Waals surface area contributed by atoms with Crippen molar-refractivity contribution in [3.05, 3.63) is 0 Å². The fourth-order valence-electron chi connectivity index (χ4n) is 4.52. The molecule has 0 aliphatic heterocycles. The SMILES string of the molecule is CCCCCCCCCCCCCCCCCCCCCCCCCCCCNO. The van der Waals surface area contributed by atoms with Crippen molar-refractivity contribution >= 4 is 0 Å². The molecule has 0 heterocycles. The van der Waals surface area contributed by atoms with Crippen LogP contribution in [0.5, 0.6) is 0 Å². The third-order valence-electron chi connectivity index (χ3n) is 6.64. The Morgan fingerprint density at radius 3 is 0.733 bits per heavy atom. The fourth-order valence-corrected chi connectivity index (χ4v) is 4.52. The molecular formula is C28H59NO. The van der Waals surface area contributed by atoms with Crippen LogP contribution in [0.4, 0.5) is 0 Å². The standard InChI is InChI=1S/C28H59NO/c1-2-3-4-5-6-7-8-9-10-11-12-13-14-15-16-17-18-19-20-21-22-23-24-25-26-27-28-29-30/h29-30H,2-28H2,1H3. The minimum absolute atomic E-state index is 0.749. The van der Waals surface area contributed by atoms with Crippen molar-refractivity contribution in [2.24, 2.45) is 0 Å². The zero-order chi connectivity index (χ0) is 21.8. The number of hydrogen-bond donors (Lipinski definition) is 2. The van der Waals surface area contributed by atoms with Crippen LogP contribution in [-0.2, 0) is 0 Å². The van der Waals surface area contributed by atoms with E-state index in [-0.39, 0.29) is 0 Å². The molecule has 2 nitrogen and oxygen atoms in total. The Kier molecular flexibility index (Phi) is 28.8. The topological polar surface area (TPSA) is 32.3 Å². The summed E-state index contributed by atoms with van der Waals surface area (Å²) in [5.41, 5.74) is 2.24. The molecule has 0 radical (unpaired) electrons. The molecule has 0 spiro atoms. The van der Waals surface area contributed by atoms with Gasteiger partial charge in [0, 0.05) is 6.54 Å². The highest BCUT2D eigenvalue weighted by Gasteiger charge is 1.96. The van der Waals surface area contributed by atoms with Gasteiger partial charge in [-0.05, 0) is 6.42 Å². The largest absolute Gasteiger partial charge is 0.317 e. The van der Waals surface area contributed by atoms with Crippen molar-refractivity contribution in [1.29, 1.82) is 0 Å². The number of unbranched alkanes of at least 4 members (excludes halogenated alkanes) is 25. The highest BCUT2D eigenvalue weighted by molar-refractivity contribution is 4.52. The van der Waals surface area contributed by atoms with Crippen LogP contribution in [0.1, 0.15) is 174 Å². The molecule has 0 aromatic carbocycles. The molecule has 0 aliphatic carbocycles. The van der Waals surface area contributed by atoms with Crippen LogP contribution in [0.15, 0.2) is 0 Å². The van der Waals surface area contributed by atoms with E-state index in [0.717, 1.165) is 13.0 Å². The molecule has 2 N–H and O–H groups in total. The first-order valence-corrected chi connectivity index (χ1v) is 14.3. The second-order valence-electron chi connectivity index (χ2n) is 9.75. The summed E-state index contributed by atoms with van der Waals surface area (Å²) >= 11 is 0. The monoisotopic (exact) mass is 425 g/mol. The van der Waals surface area contributed by atoms with E-state index < -0.39 is 0 Å². The summed E-state index contributed by atoms with van der Waals surface area (Å²) in [6.07, 6.45) is 37.2. The minimum atomic E-state index is 0.749. The quantitative estimate of drug-likeness (QED) is 0.101. The van der Waals surface area contributed by atoms with Gasteiger partial charge in [-0.15, -0.1) is 0 Å². The smallest absolute Gasteiger partial charge is 0.0207 e. The van der Waals surface area contributed by atoms with Gasteiger partial charge in [0.25, 0.3) is 0 Å². The first-order chi connectivity index (χ1) is 14.9. The molecular weight excluding hydrogens is 366 g/mol. The highest BCUT2D eigenvalue weighted by atomic mass is 16.5. The summed E-state index contributed by atoms with van der Waals surface area (Å²) in [5, 5.41) is 8.50. The zero-order valence-corrected chi connectivity index (χ0v) is 21.0. The molecule has 0 unspecified atom stereocenters. The molecule has 30 heavy (non-hydrogen) atoms. The van der Waals surface area contributed by atoms with E-state index in [1.165, 1.54) is 161 Å². The maximum absolute atomic E-state index is 8.50. The number of hydrogen-bond acceptors (Lipinski definition) is 2. The molecule has 0 fully saturated rings.